The first-order valence-electron chi connectivity index (χ1n) is 8.75. The molecule has 4 rings (SSSR count). The minimum Gasteiger partial charge on any atom is -0.469 e. The molecule has 6 nitrogen and oxygen atoms in total. The van der Waals surface area contributed by atoms with Crippen molar-refractivity contribution in [1.29, 1.82) is 0 Å². The van der Waals surface area contributed by atoms with E-state index in [0.29, 0.717) is 13.0 Å². The van der Waals surface area contributed by atoms with E-state index >= 15 is 0 Å². The number of aromatic nitrogens is 2. The van der Waals surface area contributed by atoms with E-state index in [0.717, 1.165) is 27.9 Å². The van der Waals surface area contributed by atoms with Crippen molar-refractivity contribution >= 4 is 16.9 Å². The highest BCUT2D eigenvalue weighted by atomic mass is 16.3. The minimum absolute atomic E-state index is 0.0667. The molecule has 0 radical (unpaired) electrons. The van der Waals surface area contributed by atoms with Crippen LogP contribution in [0.25, 0.3) is 11.0 Å². The van der Waals surface area contributed by atoms with Crippen LogP contribution in [0.4, 0.5) is 0 Å². The minimum atomic E-state index is -0.240. The fraction of sp³-hybridized carbons (Fsp3) is 0.143. The van der Waals surface area contributed by atoms with Gasteiger partial charge < -0.3 is 19.7 Å². The summed E-state index contributed by atoms with van der Waals surface area (Å²) >= 11 is 0. The van der Waals surface area contributed by atoms with Crippen LogP contribution < -0.4 is 11.0 Å². The average Bonchev–Trinajstić information content (AvgIpc) is 3.33. The number of hydrogen-bond donors (Lipinski definition) is 3. The van der Waals surface area contributed by atoms with Gasteiger partial charge in [-0.25, -0.2) is 4.79 Å². The lowest BCUT2D eigenvalue weighted by atomic mass is 9.93. The summed E-state index contributed by atoms with van der Waals surface area (Å²) in [6.07, 6.45) is 1.91. The van der Waals surface area contributed by atoms with Gasteiger partial charge >= 0.3 is 5.69 Å². The van der Waals surface area contributed by atoms with E-state index in [2.05, 4.69) is 15.3 Å². The molecule has 0 saturated carbocycles. The van der Waals surface area contributed by atoms with E-state index in [-0.39, 0.29) is 17.5 Å². The zero-order chi connectivity index (χ0) is 18.6. The first kappa shape index (κ1) is 16.9. The van der Waals surface area contributed by atoms with E-state index < -0.39 is 0 Å². The normalized spacial score (nSPS) is 12.1. The molecule has 0 aliphatic carbocycles. The second-order valence-corrected chi connectivity index (χ2v) is 6.42. The van der Waals surface area contributed by atoms with Crippen molar-refractivity contribution in [1.82, 2.24) is 15.3 Å². The molecule has 4 aromatic rings. The van der Waals surface area contributed by atoms with Gasteiger partial charge in [-0.05, 0) is 35.4 Å². The fourth-order valence-corrected chi connectivity index (χ4v) is 3.21. The SMILES string of the molecule is O=C(CC(c1ccccc1)c1ccco1)NCc1ccc2[nH]c(=O)[nH]c2c1. The summed E-state index contributed by atoms with van der Waals surface area (Å²) in [6, 6.07) is 19.1. The first-order valence-corrected chi connectivity index (χ1v) is 8.75. The Balaban J connectivity index is 1.45. The number of fused-ring (bicyclic) bond motifs is 1. The maximum Gasteiger partial charge on any atom is 0.323 e. The van der Waals surface area contributed by atoms with Crippen molar-refractivity contribution in [3.05, 3.63) is 94.3 Å². The summed E-state index contributed by atoms with van der Waals surface area (Å²) in [5.74, 6) is 0.565. The fourth-order valence-electron chi connectivity index (χ4n) is 3.21. The molecule has 0 fully saturated rings. The van der Waals surface area contributed by atoms with Gasteiger partial charge in [0.1, 0.15) is 5.76 Å². The van der Waals surface area contributed by atoms with E-state index in [1.807, 2.05) is 60.7 Å². The van der Waals surface area contributed by atoms with Gasteiger partial charge in [0.05, 0.1) is 23.2 Å². The highest BCUT2D eigenvalue weighted by Crippen LogP contribution is 2.28. The Morgan fingerprint density at radius 2 is 1.81 bits per heavy atom. The van der Waals surface area contributed by atoms with Crippen LogP contribution in [0.5, 0.6) is 0 Å². The van der Waals surface area contributed by atoms with E-state index in [1.54, 1.807) is 6.26 Å². The van der Waals surface area contributed by atoms with Crippen molar-refractivity contribution in [2.24, 2.45) is 0 Å². The molecular formula is C21H19N3O3. The van der Waals surface area contributed by atoms with Gasteiger partial charge in [-0.15, -0.1) is 0 Å². The van der Waals surface area contributed by atoms with Gasteiger partial charge in [-0.3, -0.25) is 4.79 Å². The number of amides is 1. The highest BCUT2D eigenvalue weighted by Gasteiger charge is 2.20. The number of carbonyl (C=O) groups excluding carboxylic acids is 1. The summed E-state index contributed by atoms with van der Waals surface area (Å²) in [7, 11) is 0. The van der Waals surface area contributed by atoms with E-state index in [9.17, 15) is 9.59 Å². The Labute approximate surface area is 155 Å². The Bertz CT molecular complexity index is 1090. The Morgan fingerprint density at radius 1 is 1.00 bits per heavy atom. The van der Waals surface area contributed by atoms with E-state index in [4.69, 9.17) is 4.42 Å². The van der Waals surface area contributed by atoms with Crippen LogP contribution in [-0.2, 0) is 11.3 Å². The van der Waals surface area contributed by atoms with Crippen molar-refractivity contribution in [3.8, 4) is 0 Å². The molecule has 3 N–H and O–H groups in total. The molecule has 0 spiro atoms. The highest BCUT2D eigenvalue weighted by molar-refractivity contribution is 5.78. The standard InChI is InChI=1S/C21H19N3O3/c25-20(22-13-14-8-9-17-18(11-14)24-21(26)23-17)12-16(19-7-4-10-27-19)15-5-2-1-3-6-15/h1-11,16H,12-13H2,(H,22,25)(H2,23,24,26). The van der Waals surface area contributed by atoms with Crippen LogP contribution in [0.15, 0.2) is 76.1 Å². The van der Waals surface area contributed by atoms with Crippen LogP contribution in [0, 0.1) is 0 Å². The third kappa shape index (κ3) is 3.84. The first-order chi connectivity index (χ1) is 13.2. The second kappa shape index (κ2) is 7.37. The summed E-state index contributed by atoms with van der Waals surface area (Å²) in [6.45, 7) is 0.391. The molecular weight excluding hydrogens is 342 g/mol. The second-order valence-electron chi connectivity index (χ2n) is 6.42. The number of hydrogen-bond acceptors (Lipinski definition) is 3. The molecule has 1 atom stereocenters. The zero-order valence-electron chi connectivity index (χ0n) is 14.6. The number of imidazole rings is 1. The van der Waals surface area contributed by atoms with Crippen LogP contribution in [-0.4, -0.2) is 15.9 Å². The van der Waals surface area contributed by atoms with Gasteiger partial charge in [0.15, 0.2) is 0 Å². The molecule has 2 heterocycles. The van der Waals surface area contributed by atoms with Crippen LogP contribution in [0.3, 0.4) is 0 Å². The number of carbonyl (C=O) groups is 1. The lowest BCUT2D eigenvalue weighted by molar-refractivity contribution is -0.121. The molecule has 1 amide bonds. The number of furan rings is 1. The maximum absolute atomic E-state index is 12.5. The molecule has 27 heavy (non-hydrogen) atoms. The van der Waals surface area contributed by atoms with Crippen molar-refractivity contribution in [2.45, 2.75) is 18.9 Å². The Kier molecular flexibility index (Phi) is 4.61. The largest absolute Gasteiger partial charge is 0.469 e. The van der Waals surface area contributed by atoms with Crippen LogP contribution in [0.2, 0.25) is 0 Å². The summed E-state index contributed by atoms with van der Waals surface area (Å²) < 4.78 is 5.55. The lowest BCUT2D eigenvalue weighted by Crippen LogP contribution is -2.24. The van der Waals surface area contributed by atoms with Crippen LogP contribution in [0.1, 0.15) is 29.2 Å². The Hall–Kier alpha value is -3.54. The molecule has 136 valence electrons. The van der Waals surface area contributed by atoms with Gasteiger partial charge in [0, 0.05) is 13.0 Å². The number of aromatic amines is 2. The number of nitrogens with one attached hydrogen (secondary N) is 3. The number of benzene rings is 2. The molecule has 2 aromatic carbocycles. The van der Waals surface area contributed by atoms with Crippen molar-refractivity contribution < 1.29 is 9.21 Å². The topological polar surface area (TPSA) is 90.9 Å². The molecule has 0 aliphatic rings. The predicted octanol–water partition coefficient (Wildman–Crippen LogP) is 3.29. The van der Waals surface area contributed by atoms with Gasteiger partial charge in [-0.2, -0.15) is 0 Å². The number of rotatable bonds is 6. The van der Waals surface area contributed by atoms with Crippen molar-refractivity contribution in [3.63, 3.8) is 0 Å². The lowest BCUT2D eigenvalue weighted by Gasteiger charge is -2.15. The molecule has 0 saturated heterocycles. The smallest absolute Gasteiger partial charge is 0.323 e. The van der Waals surface area contributed by atoms with Gasteiger partial charge in [0.25, 0.3) is 0 Å². The molecule has 0 aliphatic heterocycles. The average molecular weight is 361 g/mol. The third-order valence-electron chi connectivity index (χ3n) is 4.55. The molecule has 1 unspecified atom stereocenters. The Morgan fingerprint density at radius 3 is 2.59 bits per heavy atom. The van der Waals surface area contributed by atoms with Gasteiger partial charge in [-0.1, -0.05) is 36.4 Å². The summed E-state index contributed by atoms with van der Waals surface area (Å²) in [5, 5.41) is 2.95. The third-order valence-corrected chi connectivity index (χ3v) is 4.55. The summed E-state index contributed by atoms with van der Waals surface area (Å²) in [4.78, 5) is 29.3. The van der Waals surface area contributed by atoms with E-state index in [1.165, 1.54) is 0 Å². The van der Waals surface area contributed by atoms with Crippen molar-refractivity contribution in [2.75, 3.05) is 0 Å². The number of H-pyrrole nitrogens is 2. The molecule has 2 aromatic heterocycles. The molecule has 6 heteroatoms. The maximum atomic E-state index is 12.5. The zero-order valence-corrected chi connectivity index (χ0v) is 14.6. The molecule has 0 bridgehead atoms. The van der Waals surface area contributed by atoms with Gasteiger partial charge in [0.2, 0.25) is 5.91 Å². The predicted molar refractivity (Wildman–Crippen MR) is 102 cm³/mol. The summed E-state index contributed by atoms with van der Waals surface area (Å²) in [5.41, 5.74) is 3.19. The quantitative estimate of drug-likeness (QED) is 0.492. The monoisotopic (exact) mass is 361 g/mol. The van der Waals surface area contributed by atoms with Crippen LogP contribution >= 0.6 is 0 Å².